The molecule has 1 heterocycles. The number of anilines is 1. The molecule has 1 aromatic heterocycles. The largest absolute Gasteiger partial charge is 0.508 e. The van der Waals surface area contributed by atoms with Crippen LogP contribution in [0.4, 0.5) is 5.95 Å². The summed E-state index contributed by atoms with van der Waals surface area (Å²) < 4.78 is 4.65. The van der Waals surface area contributed by atoms with Crippen LogP contribution in [0.25, 0.3) is 0 Å². The van der Waals surface area contributed by atoms with Gasteiger partial charge in [0.15, 0.2) is 0 Å². The Bertz CT molecular complexity index is 939. The minimum atomic E-state index is -0.930. The lowest BCUT2D eigenvalue weighted by molar-refractivity contribution is -0.142. The smallest absolute Gasteiger partial charge is 0.329 e. The summed E-state index contributed by atoms with van der Waals surface area (Å²) in [5.74, 6) is -0.333. The summed E-state index contributed by atoms with van der Waals surface area (Å²) in [6, 6.07) is 4.68. The Morgan fingerprint density at radius 3 is 2.60 bits per heavy atom. The van der Waals surface area contributed by atoms with E-state index in [1.807, 2.05) is 12.1 Å². The summed E-state index contributed by atoms with van der Waals surface area (Å²) in [6.45, 7) is 3.38. The topological polar surface area (TPSA) is 139 Å². The highest BCUT2D eigenvalue weighted by molar-refractivity contribution is 5.98. The SMILES string of the molecule is COC(=O)C(CN)NC(=O)c1c(C)nc(NC2CCc3cc(O)ccc3C2)nc1C. The summed E-state index contributed by atoms with van der Waals surface area (Å²) in [5, 5.41) is 15.6. The first-order valence-corrected chi connectivity index (χ1v) is 9.83. The average molecular weight is 413 g/mol. The zero-order valence-electron chi connectivity index (χ0n) is 17.4. The molecule has 0 saturated heterocycles. The van der Waals surface area contributed by atoms with Crippen LogP contribution in [0.2, 0.25) is 0 Å². The molecule has 160 valence electrons. The van der Waals surface area contributed by atoms with Crippen LogP contribution in [0, 0.1) is 13.8 Å². The minimum Gasteiger partial charge on any atom is -0.508 e. The van der Waals surface area contributed by atoms with Gasteiger partial charge in [0.1, 0.15) is 11.8 Å². The maximum atomic E-state index is 12.6. The van der Waals surface area contributed by atoms with Crippen molar-refractivity contribution < 1.29 is 19.4 Å². The van der Waals surface area contributed by atoms with Crippen molar-refractivity contribution >= 4 is 17.8 Å². The highest BCUT2D eigenvalue weighted by Gasteiger charge is 2.25. The average Bonchev–Trinajstić information content (AvgIpc) is 2.71. The quantitative estimate of drug-likeness (QED) is 0.514. The van der Waals surface area contributed by atoms with Crippen molar-refractivity contribution in [3.63, 3.8) is 0 Å². The number of nitrogens with two attached hydrogens (primary N) is 1. The predicted molar refractivity (Wildman–Crippen MR) is 111 cm³/mol. The number of hydrogen-bond acceptors (Lipinski definition) is 8. The number of nitrogens with zero attached hydrogens (tertiary/aromatic N) is 2. The van der Waals surface area contributed by atoms with Gasteiger partial charge in [0.05, 0.1) is 24.1 Å². The molecule has 0 fully saturated rings. The van der Waals surface area contributed by atoms with E-state index in [-0.39, 0.29) is 18.3 Å². The number of aryl methyl sites for hydroxylation is 3. The first kappa shape index (κ1) is 21.5. The lowest BCUT2D eigenvalue weighted by atomic mass is 9.88. The number of nitrogens with one attached hydrogen (secondary N) is 2. The zero-order chi connectivity index (χ0) is 21.8. The molecule has 1 aliphatic carbocycles. The molecule has 0 bridgehead atoms. The van der Waals surface area contributed by atoms with Gasteiger partial charge in [-0.1, -0.05) is 6.07 Å². The Balaban J connectivity index is 1.72. The number of methoxy groups -OCH3 is 1. The number of ether oxygens (including phenoxy) is 1. The van der Waals surface area contributed by atoms with Crippen molar-refractivity contribution in [2.75, 3.05) is 19.0 Å². The van der Waals surface area contributed by atoms with Crippen molar-refractivity contribution in [2.24, 2.45) is 5.73 Å². The predicted octanol–water partition coefficient (Wildman–Crippen LogP) is 0.999. The normalized spacial score (nSPS) is 16.3. The molecule has 1 aromatic carbocycles. The number of hydrogen-bond donors (Lipinski definition) is 4. The molecule has 5 N–H and O–H groups in total. The summed E-state index contributed by atoms with van der Waals surface area (Å²) in [4.78, 5) is 33.2. The van der Waals surface area contributed by atoms with Gasteiger partial charge in [-0.25, -0.2) is 14.8 Å². The van der Waals surface area contributed by atoms with Crippen LogP contribution in [0.3, 0.4) is 0 Å². The minimum absolute atomic E-state index is 0.0715. The molecule has 0 aliphatic heterocycles. The van der Waals surface area contributed by atoms with Gasteiger partial charge >= 0.3 is 5.97 Å². The number of phenolic OH excluding ortho intramolecular Hbond substituents is 1. The molecular weight excluding hydrogens is 386 g/mol. The van der Waals surface area contributed by atoms with E-state index >= 15 is 0 Å². The van der Waals surface area contributed by atoms with E-state index in [0.29, 0.717) is 22.9 Å². The fourth-order valence-electron chi connectivity index (χ4n) is 3.74. The first-order valence-electron chi connectivity index (χ1n) is 9.83. The molecule has 0 spiro atoms. The molecule has 2 aromatic rings. The number of aromatic hydroxyl groups is 1. The molecule has 0 saturated carbocycles. The van der Waals surface area contributed by atoms with Gasteiger partial charge in [0.2, 0.25) is 5.95 Å². The van der Waals surface area contributed by atoms with Gasteiger partial charge in [0, 0.05) is 12.6 Å². The Hall–Kier alpha value is -3.20. The molecule has 3 rings (SSSR count). The third kappa shape index (κ3) is 4.68. The van der Waals surface area contributed by atoms with E-state index in [4.69, 9.17) is 5.73 Å². The van der Waals surface area contributed by atoms with Gasteiger partial charge in [-0.3, -0.25) is 4.79 Å². The second-order valence-corrected chi connectivity index (χ2v) is 7.42. The van der Waals surface area contributed by atoms with Crippen LogP contribution >= 0.6 is 0 Å². The number of amides is 1. The van der Waals surface area contributed by atoms with Crippen LogP contribution < -0.4 is 16.4 Å². The van der Waals surface area contributed by atoms with E-state index in [0.717, 1.165) is 24.8 Å². The summed E-state index contributed by atoms with van der Waals surface area (Å²) in [7, 11) is 1.24. The second-order valence-electron chi connectivity index (χ2n) is 7.42. The van der Waals surface area contributed by atoms with Gasteiger partial charge in [0.25, 0.3) is 5.91 Å². The molecule has 1 amide bonds. The maximum Gasteiger partial charge on any atom is 0.329 e. The number of carbonyl (C=O) groups is 2. The van der Waals surface area contributed by atoms with E-state index < -0.39 is 17.9 Å². The number of phenols is 1. The van der Waals surface area contributed by atoms with Crippen molar-refractivity contribution in [3.05, 3.63) is 46.3 Å². The monoisotopic (exact) mass is 413 g/mol. The lowest BCUT2D eigenvalue weighted by Crippen LogP contribution is -2.46. The Morgan fingerprint density at radius 1 is 1.27 bits per heavy atom. The molecule has 0 radical (unpaired) electrons. The third-order valence-electron chi connectivity index (χ3n) is 5.28. The molecule has 9 heteroatoms. The van der Waals surface area contributed by atoms with Crippen LogP contribution in [-0.4, -0.2) is 52.7 Å². The van der Waals surface area contributed by atoms with Gasteiger partial charge < -0.3 is 26.2 Å². The van der Waals surface area contributed by atoms with Gasteiger partial charge in [-0.2, -0.15) is 0 Å². The number of esters is 1. The highest BCUT2D eigenvalue weighted by atomic mass is 16.5. The zero-order valence-corrected chi connectivity index (χ0v) is 17.4. The molecule has 2 atom stereocenters. The number of carbonyl (C=O) groups excluding carboxylic acids is 2. The van der Waals surface area contributed by atoms with Crippen LogP contribution in [0.15, 0.2) is 18.2 Å². The second kappa shape index (κ2) is 9.08. The molecule has 1 aliphatic rings. The summed E-state index contributed by atoms with van der Waals surface area (Å²) >= 11 is 0. The van der Waals surface area contributed by atoms with Crippen LogP contribution in [-0.2, 0) is 22.4 Å². The highest BCUT2D eigenvalue weighted by Crippen LogP contribution is 2.26. The summed E-state index contributed by atoms with van der Waals surface area (Å²) in [6.07, 6.45) is 2.54. The lowest BCUT2D eigenvalue weighted by Gasteiger charge is -2.26. The van der Waals surface area contributed by atoms with Crippen molar-refractivity contribution in [3.8, 4) is 5.75 Å². The fourth-order valence-corrected chi connectivity index (χ4v) is 3.74. The van der Waals surface area contributed by atoms with E-state index in [1.54, 1.807) is 19.9 Å². The molecule has 30 heavy (non-hydrogen) atoms. The van der Waals surface area contributed by atoms with Gasteiger partial charge in [-0.05, 0) is 56.4 Å². The van der Waals surface area contributed by atoms with Crippen LogP contribution in [0.5, 0.6) is 5.75 Å². The Labute approximate surface area is 175 Å². The summed E-state index contributed by atoms with van der Waals surface area (Å²) in [5.41, 5.74) is 9.22. The number of rotatable bonds is 6. The van der Waals surface area contributed by atoms with E-state index in [2.05, 4.69) is 25.3 Å². The maximum absolute atomic E-state index is 12.6. The van der Waals surface area contributed by atoms with Crippen molar-refractivity contribution in [1.82, 2.24) is 15.3 Å². The van der Waals surface area contributed by atoms with E-state index in [9.17, 15) is 14.7 Å². The van der Waals surface area contributed by atoms with E-state index in [1.165, 1.54) is 12.7 Å². The molecule has 9 nitrogen and oxygen atoms in total. The van der Waals surface area contributed by atoms with Crippen LogP contribution in [0.1, 0.15) is 39.3 Å². The van der Waals surface area contributed by atoms with Crippen molar-refractivity contribution in [2.45, 2.75) is 45.2 Å². The van der Waals surface area contributed by atoms with Crippen molar-refractivity contribution in [1.29, 1.82) is 0 Å². The molecular formula is C21H27N5O4. The fraction of sp³-hybridized carbons (Fsp3) is 0.429. The standard InChI is InChI=1S/C21H27N5O4/c1-11-18(19(28)26-17(10-22)20(29)30-3)12(2)24-21(23-11)25-15-6-4-14-9-16(27)7-5-13(14)8-15/h5,7,9,15,17,27H,4,6,8,10,22H2,1-3H3,(H,26,28)(H,23,24,25). The first-order chi connectivity index (χ1) is 14.3. The number of fused-ring (bicyclic) bond motifs is 1. The molecule has 2 unspecified atom stereocenters. The Kier molecular flexibility index (Phi) is 6.51. The number of benzene rings is 1. The third-order valence-corrected chi connectivity index (χ3v) is 5.28. The Morgan fingerprint density at radius 2 is 1.97 bits per heavy atom. The van der Waals surface area contributed by atoms with Gasteiger partial charge in [-0.15, -0.1) is 0 Å². The number of aromatic nitrogens is 2.